The number of nitrogens with two attached hydrogens (primary N) is 1. The van der Waals surface area contributed by atoms with Gasteiger partial charge in [-0.25, -0.2) is 0 Å². The van der Waals surface area contributed by atoms with Gasteiger partial charge in [0.05, 0.1) is 5.41 Å². The van der Waals surface area contributed by atoms with E-state index in [4.69, 9.17) is 17.3 Å². The van der Waals surface area contributed by atoms with Crippen LogP contribution in [-0.2, 0) is 4.79 Å². The smallest absolute Gasteiger partial charge is 0.230 e. The summed E-state index contributed by atoms with van der Waals surface area (Å²) in [4.78, 5) is 12.9. The van der Waals surface area contributed by atoms with Crippen LogP contribution >= 0.6 is 11.6 Å². The summed E-state index contributed by atoms with van der Waals surface area (Å²) >= 11 is 6.00. The monoisotopic (exact) mass is 304 g/mol. The SMILES string of the molecule is NC12CC3CC(C1)CC(C(=O)Nc1cccc(Cl)c1)(C3)C2. The zero-order chi connectivity index (χ0) is 14.7. The molecule has 0 heterocycles. The van der Waals surface area contributed by atoms with Crippen LogP contribution in [0.5, 0.6) is 0 Å². The summed E-state index contributed by atoms with van der Waals surface area (Å²) in [7, 11) is 0. The second kappa shape index (κ2) is 4.47. The summed E-state index contributed by atoms with van der Waals surface area (Å²) in [5.41, 5.74) is 7.00. The molecule has 4 aliphatic carbocycles. The Morgan fingerprint density at radius 2 is 1.95 bits per heavy atom. The number of halogens is 1. The number of rotatable bonds is 2. The van der Waals surface area contributed by atoms with Gasteiger partial charge in [0.15, 0.2) is 0 Å². The van der Waals surface area contributed by atoms with Crippen LogP contribution in [0.1, 0.15) is 38.5 Å². The maximum absolute atomic E-state index is 12.9. The number of amides is 1. The van der Waals surface area contributed by atoms with Gasteiger partial charge in [-0.15, -0.1) is 0 Å². The number of anilines is 1. The van der Waals surface area contributed by atoms with E-state index < -0.39 is 0 Å². The van der Waals surface area contributed by atoms with Crippen LogP contribution in [0.2, 0.25) is 5.02 Å². The molecule has 0 radical (unpaired) electrons. The molecule has 21 heavy (non-hydrogen) atoms. The predicted molar refractivity (Wildman–Crippen MR) is 84.1 cm³/mol. The van der Waals surface area contributed by atoms with E-state index in [2.05, 4.69) is 5.32 Å². The van der Waals surface area contributed by atoms with Gasteiger partial charge < -0.3 is 11.1 Å². The molecule has 112 valence electrons. The van der Waals surface area contributed by atoms with Crippen molar-refractivity contribution in [2.24, 2.45) is 23.0 Å². The molecule has 0 aromatic heterocycles. The second-order valence-corrected chi connectivity index (χ2v) is 8.00. The summed E-state index contributed by atoms with van der Waals surface area (Å²) in [5, 5.41) is 3.72. The summed E-state index contributed by atoms with van der Waals surface area (Å²) in [6, 6.07) is 7.37. The minimum Gasteiger partial charge on any atom is -0.326 e. The summed E-state index contributed by atoms with van der Waals surface area (Å²) in [5.74, 6) is 1.43. The van der Waals surface area contributed by atoms with Crippen molar-refractivity contribution in [3.63, 3.8) is 0 Å². The number of hydrogen-bond acceptors (Lipinski definition) is 2. The van der Waals surface area contributed by atoms with E-state index in [0.717, 1.165) is 37.8 Å². The third-order valence-electron chi connectivity index (χ3n) is 5.67. The molecule has 4 saturated carbocycles. The lowest BCUT2D eigenvalue weighted by atomic mass is 9.47. The first-order valence-corrected chi connectivity index (χ1v) is 8.20. The Balaban J connectivity index is 1.59. The first-order chi connectivity index (χ1) is 9.96. The summed E-state index contributed by atoms with van der Waals surface area (Å²) < 4.78 is 0. The van der Waals surface area contributed by atoms with E-state index in [1.54, 1.807) is 6.07 Å². The zero-order valence-electron chi connectivity index (χ0n) is 12.1. The van der Waals surface area contributed by atoms with Gasteiger partial charge in [-0.2, -0.15) is 0 Å². The Hall–Kier alpha value is -1.06. The first-order valence-electron chi connectivity index (χ1n) is 7.82. The lowest BCUT2D eigenvalue weighted by molar-refractivity contribution is -0.142. The molecule has 1 aromatic carbocycles. The zero-order valence-corrected chi connectivity index (χ0v) is 12.8. The second-order valence-electron chi connectivity index (χ2n) is 7.57. The topological polar surface area (TPSA) is 55.1 Å². The molecule has 4 aliphatic rings. The molecule has 4 fully saturated rings. The number of nitrogens with one attached hydrogen (secondary N) is 1. The van der Waals surface area contributed by atoms with E-state index >= 15 is 0 Å². The minimum atomic E-state index is -0.249. The normalized spacial score (nSPS) is 40.3. The van der Waals surface area contributed by atoms with Gasteiger partial charge in [0.2, 0.25) is 5.91 Å². The van der Waals surface area contributed by atoms with E-state index in [1.807, 2.05) is 18.2 Å². The van der Waals surface area contributed by atoms with Gasteiger partial charge >= 0.3 is 0 Å². The van der Waals surface area contributed by atoms with Crippen LogP contribution in [0, 0.1) is 17.3 Å². The fraction of sp³-hybridized carbons (Fsp3) is 0.588. The van der Waals surface area contributed by atoms with Crippen molar-refractivity contribution in [2.45, 2.75) is 44.1 Å². The van der Waals surface area contributed by atoms with Crippen molar-refractivity contribution in [1.29, 1.82) is 0 Å². The first kappa shape index (κ1) is 13.6. The van der Waals surface area contributed by atoms with Crippen LogP contribution < -0.4 is 11.1 Å². The van der Waals surface area contributed by atoms with E-state index in [1.165, 1.54) is 6.42 Å². The largest absolute Gasteiger partial charge is 0.326 e. The summed E-state index contributed by atoms with van der Waals surface area (Å²) in [6.07, 6.45) is 6.35. The van der Waals surface area contributed by atoms with Crippen molar-refractivity contribution in [2.75, 3.05) is 5.32 Å². The number of carbonyl (C=O) groups excluding carboxylic acids is 1. The molecule has 0 saturated heterocycles. The van der Waals surface area contributed by atoms with Crippen LogP contribution in [0.4, 0.5) is 5.69 Å². The molecule has 4 heteroatoms. The number of benzene rings is 1. The van der Waals surface area contributed by atoms with Gasteiger partial charge in [0.25, 0.3) is 0 Å². The van der Waals surface area contributed by atoms with Crippen LogP contribution in [-0.4, -0.2) is 11.4 Å². The number of carbonyl (C=O) groups is 1. The van der Waals surface area contributed by atoms with Gasteiger partial charge in [0.1, 0.15) is 0 Å². The molecule has 3 N–H and O–H groups in total. The summed E-state index contributed by atoms with van der Waals surface area (Å²) in [6.45, 7) is 0. The highest BCUT2D eigenvalue weighted by atomic mass is 35.5. The fourth-order valence-corrected chi connectivity index (χ4v) is 5.62. The third kappa shape index (κ3) is 2.27. The molecule has 0 aliphatic heterocycles. The molecule has 1 aromatic rings. The highest BCUT2D eigenvalue weighted by Crippen LogP contribution is 2.61. The van der Waals surface area contributed by atoms with E-state index in [-0.39, 0.29) is 16.9 Å². The van der Waals surface area contributed by atoms with Crippen LogP contribution in [0.25, 0.3) is 0 Å². The van der Waals surface area contributed by atoms with Crippen molar-refractivity contribution < 1.29 is 4.79 Å². The minimum absolute atomic E-state index is 0.101. The fourth-order valence-electron chi connectivity index (χ4n) is 5.43. The van der Waals surface area contributed by atoms with E-state index in [0.29, 0.717) is 16.9 Å². The maximum atomic E-state index is 12.9. The van der Waals surface area contributed by atoms with Gasteiger partial charge in [0, 0.05) is 16.2 Å². The quantitative estimate of drug-likeness (QED) is 0.877. The lowest BCUT2D eigenvalue weighted by Gasteiger charge is -2.60. The average molecular weight is 305 g/mol. The molecule has 2 unspecified atom stereocenters. The Labute approximate surface area is 130 Å². The molecule has 0 spiro atoms. The Morgan fingerprint density at radius 1 is 1.24 bits per heavy atom. The molecule has 1 amide bonds. The Morgan fingerprint density at radius 3 is 2.57 bits per heavy atom. The van der Waals surface area contributed by atoms with Gasteiger partial charge in [-0.3, -0.25) is 4.79 Å². The third-order valence-corrected chi connectivity index (χ3v) is 5.91. The van der Waals surface area contributed by atoms with Crippen molar-refractivity contribution in [1.82, 2.24) is 0 Å². The highest BCUT2D eigenvalue weighted by Gasteiger charge is 2.59. The molecule has 5 rings (SSSR count). The van der Waals surface area contributed by atoms with Crippen molar-refractivity contribution >= 4 is 23.2 Å². The van der Waals surface area contributed by atoms with Crippen LogP contribution in [0.3, 0.4) is 0 Å². The predicted octanol–water partition coefficient (Wildman–Crippen LogP) is 3.58. The molecule has 2 atom stereocenters. The lowest BCUT2D eigenvalue weighted by Crippen LogP contribution is -2.62. The molecular weight excluding hydrogens is 284 g/mol. The molecular formula is C17H21ClN2O. The Kier molecular flexibility index (Phi) is 2.89. The Bertz CT molecular complexity index is 586. The van der Waals surface area contributed by atoms with Crippen molar-refractivity contribution in [3.05, 3.63) is 29.3 Å². The van der Waals surface area contributed by atoms with Crippen LogP contribution in [0.15, 0.2) is 24.3 Å². The standard InChI is InChI=1S/C17H21ClN2O/c18-13-2-1-3-14(5-13)20-15(21)16-6-11-4-12(7-16)9-17(19,8-11)10-16/h1-3,5,11-12H,4,6-10,19H2,(H,20,21). The molecule has 4 bridgehead atoms. The maximum Gasteiger partial charge on any atom is 0.230 e. The molecule has 3 nitrogen and oxygen atoms in total. The van der Waals surface area contributed by atoms with Gasteiger partial charge in [-0.05, 0) is 68.6 Å². The van der Waals surface area contributed by atoms with Gasteiger partial charge in [-0.1, -0.05) is 17.7 Å². The van der Waals surface area contributed by atoms with Crippen molar-refractivity contribution in [3.8, 4) is 0 Å². The average Bonchev–Trinajstić information content (AvgIpc) is 2.35. The number of hydrogen-bond donors (Lipinski definition) is 2. The highest BCUT2D eigenvalue weighted by molar-refractivity contribution is 6.30. The van der Waals surface area contributed by atoms with E-state index in [9.17, 15) is 4.79 Å².